The van der Waals surface area contributed by atoms with E-state index >= 15 is 0 Å². The van der Waals surface area contributed by atoms with Gasteiger partial charge >= 0.3 is 17.9 Å². The van der Waals surface area contributed by atoms with Crippen LogP contribution in [-0.2, 0) is 14.2 Å². The normalized spacial score (nSPS) is 11.1. The van der Waals surface area contributed by atoms with E-state index in [0.29, 0.717) is 16.7 Å². The maximum atomic E-state index is 12.3. The van der Waals surface area contributed by atoms with Crippen LogP contribution in [0.5, 0.6) is 0 Å². The summed E-state index contributed by atoms with van der Waals surface area (Å²) in [4.78, 5) is 37.0. The molecule has 6 aromatic carbocycles. The molecule has 0 N–H and O–H groups in total. The first-order chi connectivity index (χ1) is 28.9. The van der Waals surface area contributed by atoms with Crippen molar-refractivity contribution < 1.29 is 28.6 Å². The Balaban J connectivity index is 1.68. The van der Waals surface area contributed by atoms with Crippen LogP contribution in [0.4, 0.5) is 0 Å². The molecule has 61 heavy (non-hydrogen) atoms. The summed E-state index contributed by atoms with van der Waals surface area (Å²) in [5.74, 6) is -1.06. The van der Waals surface area contributed by atoms with Gasteiger partial charge in [0.15, 0.2) is 0 Å². The number of benzene rings is 6. The minimum atomic E-state index is -0.355. The van der Waals surface area contributed by atoms with Crippen LogP contribution in [-0.4, -0.2) is 46.0 Å². The van der Waals surface area contributed by atoms with Crippen LogP contribution in [0.15, 0.2) is 72.8 Å². The van der Waals surface area contributed by atoms with Gasteiger partial charge in [-0.2, -0.15) is 0 Å². The van der Waals surface area contributed by atoms with E-state index in [1.807, 2.05) is 72.8 Å². The van der Waals surface area contributed by atoms with Gasteiger partial charge < -0.3 is 14.2 Å². The van der Waals surface area contributed by atoms with Crippen LogP contribution in [0.25, 0.3) is 33.4 Å². The number of hydrogen-bond acceptors (Lipinski definition) is 6. The number of methoxy groups -OCH3 is 3. The molecule has 7 heteroatoms. The number of carbonyl (C=O) groups excluding carboxylic acids is 3. The molecule has 0 radical (unpaired) electrons. The molecule has 0 aliphatic rings. The minimum Gasteiger partial charge on any atom is -0.465 e. The summed E-state index contributed by atoms with van der Waals surface area (Å²) >= 11 is 0. The summed E-state index contributed by atoms with van der Waals surface area (Å²) in [6, 6.07) is 23.2. The Morgan fingerprint density at radius 3 is 0.656 bits per heavy atom. The van der Waals surface area contributed by atoms with Crippen molar-refractivity contribution in [2.45, 2.75) is 83.1 Å². The molecule has 312 valence electrons. The molecule has 0 amide bonds. The lowest BCUT2D eigenvalue weighted by Gasteiger charge is -2.33. The summed E-state index contributed by atoms with van der Waals surface area (Å²) in [5.41, 5.74) is 26.7. The van der Waals surface area contributed by atoms with Gasteiger partial charge in [0.05, 0.1) is 38.0 Å². The molecular formula is C54H57BO6. The van der Waals surface area contributed by atoms with E-state index in [9.17, 15) is 14.4 Å². The van der Waals surface area contributed by atoms with Crippen LogP contribution < -0.4 is 16.4 Å². The van der Waals surface area contributed by atoms with E-state index in [0.717, 1.165) is 16.7 Å². The number of rotatable bonds is 9. The minimum absolute atomic E-state index is 0.116. The second kappa shape index (κ2) is 17.4. The molecule has 0 fully saturated rings. The van der Waals surface area contributed by atoms with E-state index in [1.54, 1.807) is 0 Å². The van der Waals surface area contributed by atoms with Gasteiger partial charge in [0.25, 0.3) is 0 Å². The first-order valence-electron chi connectivity index (χ1n) is 20.8. The number of hydrogen-bond donors (Lipinski definition) is 0. The van der Waals surface area contributed by atoms with Crippen molar-refractivity contribution in [3.63, 3.8) is 0 Å². The van der Waals surface area contributed by atoms with Gasteiger partial charge in [0, 0.05) is 0 Å². The Morgan fingerprint density at radius 2 is 0.492 bits per heavy atom. The van der Waals surface area contributed by atoms with E-state index in [4.69, 9.17) is 14.2 Å². The predicted molar refractivity (Wildman–Crippen MR) is 251 cm³/mol. The molecule has 6 rings (SSSR count). The smallest absolute Gasteiger partial charge is 0.337 e. The van der Waals surface area contributed by atoms with Gasteiger partial charge in [-0.1, -0.05) is 86.2 Å². The van der Waals surface area contributed by atoms with Crippen molar-refractivity contribution in [1.82, 2.24) is 0 Å². The third-order valence-electron chi connectivity index (χ3n) is 13.7. The third kappa shape index (κ3) is 7.60. The maximum absolute atomic E-state index is 12.3. The molecule has 0 atom stereocenters. The van der Waals surface area contributed by atoms with E-state index < -0.39 is 0 Å². The molecule has 0 saturated heterocycles. The zero-order valence-electron chi connectivity index (χ0n) is 38.5. The molecule has 6 nitrogen and oxygen atoms in total. The highest BCUT2D eigenvalue weighted by Gasteiger charge is 2.36. The summed E-state index contributed by atoms with van der Waals surface area (Å²) < 4.78 is 15.0. The lowest BCUT2D eigenvalue weighted by molar-refractivity contribution is 0.0592. The van der Waals surface area contributed by atoms with E-state index in [1.165, 1.54) is 121 Å². The third-order valence-corrected chi connectivity index (χ3v) is 13.7. The highest BCUT2D eigenvalue weighted by Crippen LogP contribution is 2.36. The fraction of sp³-hybridized carbons (Fsp3) is 0.278. The molecule has 6 aromatic rings. The highest BCUT2D eigenvalue weighted by atomic mass is 16.5. The van der Waals surface area contributed by atoms with Gasteiger partial charge in [-0.05, 0) is 186 Å². The highest BCUT2D eigenvalue weighted by molar-refractivity contribution is 6.97. The molecule has 0 spiro atoms. The van der Waals surface area contributed by atoms with Crippen LogP contribution >= 0.6 is 0 Å². The monoisotopic (exact) mass is 812 g/mol. The van der Waals surface area contributed by atoms with Crippen molar-refractivity contribution in [2.24, 2.45) is 0 Å². The average Bonchev–Trinajstić information content (AvgIpc) is 3.27. The molecule has 0 aromatic heterocycles. The molecular weight excluding hydrogens is 755 g/mol. The van der Waals surface area contributed by atoms with Crippen molar-refractivity contribution >= 4 is 41.0 Å². The Morgan fingerprint density at radius 1 is 0.311 bits per heavy atom. The largest absolute Gasteiger partial charge is 0.465 e. The van der Waals surface area contributed by atoms with Gasteiger partial charge in [0.2, 0.25) is 6.71 Å². The van der Waals surface area contributed by atoms with Crippen molar-refractivity contribution in [1.29, 1.82) is 0 Å². The number of esters is 3. The first-order valence-corrected chi connectivity index (χ1v) is 20.8. The molecule has 0 aliphatic carbocycles. The summed E-state index contributed by atoms with van der Waals surface area (Å²) in [5, 5.41) is 0. The van der Waals surface area contributed by atoms with E-state index in [2.05, 4.69) is 83.1 Å². The lowest BCUT2D eigenvalue weighted by Crippen LogP contribution is -2.58. The Labute approximate surface area is 362 Å². The maximum Gasteiger partial charge on any atom is 0.337 e. The second-order valence-electron chi connectivity index (χ2n) is 16.5. The zero-order valence-corrected chi connectivity index (χ0v) is 38.5. The first kappa shape index (κ1) is 44.4. The van der Waals surface area contributed by atoms with Gasteiger partial charge in [-0.15, -0.1) is 0 Å². The summed E-state index contributed by atoms with van der Waals surface area (Å²) in [7, 11) is 4.21. The summed E-state index contributed by atoms with van der Waals surface area (Å²) in [6.07, 6.45) is 0. The van der Waals surface area contributed by atoms with Crippen LogP contribution in [0.1, 0.15) is 97.8 Å². The Hall–Kier alpha value is -6.21. The number of carbonyl (C=O) groups is 3. The SMILES string of the molecule is COC(=O)c1ccc(-c2c(C)c(C)c(B(c3c(C)c(C)c(-c4ccc(C(=O)OC)cc4)c(C)c3C)c3c(C)c(C)c(-c4ccc(C(=O)OC)cc4)c(C)c3C)c(C)c2C)cc1. The quantitative estimate of drug-likeness (QED) is 0.0822. The Bertz CT molecular complexity index is 2350. The van der Waals surface area contributed by atoms with Crippen LogP contribution in [0, 0.1) is 83.1 Å². The molecule has 0 bridgehead atoms. The van der Waals surface area contributed by atoms with Crippen molar-refractivity contribution in [3.8, 4) is 33.4 Å². The standard InChI is InChI=1S/C54H57BO6/c1-28-34(7)49(35(8)29(2)46(28)40-16-22-43(23-17-40)52(56)59-13)55(50-36(9)30(3)47(31(4)37(50)10)41-18-24-44(25-19-41)53(57)60-14)51-38(11)32(5)48(33(6)39(51)12)42-20-26-45(27-21-42)54(58)61-15/h16-27H,1-15H3. The van der Waals surface area contributed by atoms with Crippen LogP contribution in [0.2, 0.25) is 0 Å². The van der Waals surface area contributed by atoms with Gasteiger partial charge in [-0.25, -0.2) is 14.4 Å². The second-order valence-corrected chi connectivity index (χ2v) is 16.5. The fourth-order valence-corrected chi connectivity index (χ4v) is 9.73. The molecule has 0 heterocycles. The fourth-order valence-electron chi connectivity index (χ4n) is 9.73. The Kier molecular flexibility index (Phi) is 12.7. The summed E-state index contributed by atoms with van der Waals surface area (Å²) in [6.45, 7) is 26.8. The molecule has 0 saturated carbocycles. The predicted octanol–water partition coefficient (Wildman–Crippen LogP) is 10.3. The zero-order chi connectivity index (χ0) is 44.8. The lowest BCUT2D eigenvalue weighted by atomic mass is 9.32. The number of ether oxygens (including phenoxy) is 3. The van der Waals surface area contributed by atoms with Crippen molar-refractivity contribution in [3.05, 3.63) is 156 Å². The van der Waals surface area contributed by atoms with Gasteiger partial charge in [0.1, 0.15) is 0 Å². The molecule has 0 aliphatic heterocycles. The van der Waals surface area contributed by atoms with E-state index in [-0.39, 0.29) is 24.6 Å². The average molecular weight is 813 g/mol. The topological polar surface area (TPSA) is 78.9 Å². The van der Waals surface area contributed by atoms with Gasteiger partial charge in [-0.3, -0.25) is 0 Å². The molecule has 0 unspecified atom stereocenters. The van der Waals surface area contributed by atoms with Crippen LogP contribution in [0.3, 0.4) is 0 Å². The van der Waals surface area contributed by atoms with Crippen molar-refractivity contribution in [2.75, 3.05) is 21.3 Å².